The van der Waals surface area contributed by atoms with Gasteiger partial charge in [-0.2, -0.15) is 0 Å². The quantitative estimate of drug-likeness (QED) is 0.426. The highest BCUT2D eigenvalue weighted by Gasteiger charge is 2.70. The van der Waals surface area contributed by atoms with E-state index in [2.05, 4.69) is 72.7 Å². The van der Waals surface area contributed by atoms with Gasteiger partial charge < -0.3 is 5.11 Å². The molecule has 0 spiro atoms. The number of rotatable bonds is 2. The van der Waals surface area contributed by atoms with Gasteiger partial charge in [-0.15, -0.1) is 0 Å². The van der Waals surface area contributed by atoms with Crippen LogP contribution in [0.3, 0.4) is 0 Å². The van der Waals surface area contributed by atoms with E-state index in [4.69, 9.17) is 9.97 Å². The van der Waals surface area contributed by atoms with Crippen LogP contribution in [0.2, 0.25) is 0 Å². The number of hydrogen-bond acceptors (Lipinski definition) is 3. The first-order valence-electron chi connectivity index (χ1n) is 16.3. The van der Waals surface area contributed by atoms with E-state index >= 15 is 0 Å². The van der Waals surface area contributed by atoms with E-state index in [1.165, 1.54) is 62.8 Å². The first kappa shape index (κ1) is 26.4. The van der Waals surface area contributed by atoms with Crippen LogP contribution in [0, 0.1) is 57.2 Å². The minimum absolute atomic E-state index is 0.0330. The summed E-state index contributed by atoms with van der Waals surface area (Å²) in [5.41, 5.74) is 5.79. The number of fused-ring (bicyclic) bond motifs is 9. The minimum Gasteiger partial charge on any atom is -0.396 e. The average molecular weight is 529 g/mol. The highest BCUT2D eigenvalue weighted by Crippen LogP contribution is 2.77. The lowest BCUT2D eigenvalue weighted by atomic mass is 9.32. The van der Waals surface area contributed by atoms with Crippen molar-refractivity contribution in [3.05, 3.63) is 35.7 Å². The highest BCUT2D eigenvalue weighted by atomic mass is 16.3. The number of nitrogens with zero attached hydrogens (tertiary/aromatic N) is 2. The summed E-state index contributed by atoms with van der Waals surface area (Å²) in [5, 5.41) is 10.8. The fourth-order valence-electron chi connectivity index (χ4n) is 12.8. The summed E-state index contributed by atoms with van der Waals surface area (Å²) < 4.78 is 0. The molecular formula is C36H52N2O. The molecule has 7 rings (SSSR count). The van der Waals surface area contributed by atoms with Gasteiger partial charge in [0.05, 0.1) is 22.4 Å². The molecule has 0 bridgehead atoms. The van der Waals surface area contributed by atoms with Crippen molar-refractivity contribution in [2.75, 3.05) is 6.61 Å². The standard InChI is InChI=1S/C36H52N2O/c1-22(2)23-14-17-36(21-39)19-18-34(6)24(30(23)36)12-13-29-33(5)20-27-31(38-26-11-9-8-10-25(26)37-27)32(3,4)28(33)15-16-35(29,34)7/h8-11,22-24,28-30,39H,12-21H2,1-7H3/t23-,24+,28-,29+,30+,33-,34+,35+,36+/m0/s1. The zero-order chi connectivity index (χ0) is 27.6. The molecule has 5 aliphatic carbocycles. The van der Waals surface area contributed by atoms with Crippen LogP contribution in [-0.4, -0.2) is 21.7 Å². The summed E-state index contributed by atoms with van der Waals surface area (Å²) in [7, 11) is 0. The largest absolute Gasteiger partial charge is 0.396 e. The lowest BCUT2D eigenvalue weighted by Gasteiger charge is -2.72. The van der Waals surface area contributed by atoms with Crippen LogP contribution in [-0.2, 0) is 11.8 Å². The minimum atomic E-state index is 0.0330. The summed E-state index contributed by atoms with van der Waals surface area (Å²) in [5.74, 6) is 4.30. The van der Waals surface area contributed by atoms with Crippen molar-refractivity contribution < 1.29 is 5.11 Å². The van der Waals surface area contributed by atoms with Gasteiger partial charge in [0, 0.05) is 12.0 Å². The number of benzene rings is 1. The Bertz CT molecular complexity index is 1300. The third-order valence-corrected chi connectivity index (χ3v) is 14.8. The van der Waals surface area contributed by atoms with Crippen molar-refractivity contribution in [2.45, 2.75) is 112 Å². The molecule has 5 aliphatic rings. The van der Waals surface area contributed by atoms with Crippen molar-refractivity contribution >= 4 is 11.0 Å². The topological polar surface area (TPSA) is 46.0 Å². The molecule has 4 saturated carbocycles. The van der Waals surface area contributed by atoms with Crippen LogP contribution in [0.5, 0.6) is 0 Å². The Morgan fingerprint density at radius 3 is 2.23 bits per heavy atom. The third kappa shape index (κ3) is 3.21. The van der Waals surface area contributed by atoms with E-state index in [-0.39, 0.29) is 16.2 Å². The fourth-order valence-corrected chi connectivity index (χ4v) is 12.8. The Hall–Kier alpha value is -1.48. The second kappa shape index (κ2) is 8.30. The second-order valence-corrected chi connectivity index (χ2v) is 16.6. The van der Waals surface area contributed by atoms with Gasteiger partial charge in [0.25, 0.3) is 0 Å². The molecule has 2 aromatic rings. The van der Waals surface area contributed by atoms with Gasteiger partial charge in [0.15, 0.2) is 0 Å². The Morgan fingerprint density at radius 2 is 1.54 bits per heavy atom. The van der Waals surface area contributed by atoms with Gasteiger partial charge in [0.2, 0.25) is 0 Å². The maximum absolute atomic E-state index is 10.8. The van der Waals surface area contributed by atoms with Crippen LogP contribution in [0.15, 0.2) is 24.3 Å². The second-order valence-electron chi connectivity index (χ2n) is 16.6. The summed E-state index contributed by atoms with van der Waals surface area (Å²) in [6.07, 6.45) is 11.5. The summed E-state index contributed by atoms with van der Waals surface area (Å²) in [4.78, 5) is 10.6. The Kier molecular flexibility index (Phi) is 5.62. The number of aromatic nitrogens is 2. The molecule has 1 N–H and O–H groups in total. The van der Waals surface area contributed by atoms with Crippen LogP contribution in [0.4, 0.5) is 0 Å². The summed E-state index contributed by atoms with van der Waals surface area (Å²) >= 11 is 0. The molecule has 0 radical (unpaired) electrons. The van der Waals surface area contributed by atoms with Crippen LogP contribution < -0.4 is 0 Å². The van der Waals surface area contributed by atoms with Gasteiger partial charge >= 0.3 is 0 Å². The van der Waals surface area contributed by atoms with Crippen molar-refractivity contribution in [1.82, 2.24) is 9.97 Å². The molecule has 0 aliphatic heterocycles. The summed E-state index contributed by atoms with van der Waals surface area (Å²) in [6.45, 7) is 18.4. The predicted molar refractivity (Wildman–Crippen MR) is 159 cm³/mol. The van der Waals surface area contributed by atoms with Gasteiger partial charge in [-0.3, -0.25) is 0 Å². The van der Waals surface area contributed by atoms with Crippen molar-refractivity contribution in [2.24, 2.45) is 57.2 Å². The fraction of sp³-hybridized carbons (Fsp3) is 0.778. The third-order valence-electron chi connectivity index (χ3n) is 14.8. The molecule has 0 unspecified atom stereocenters. The molecule has 0 saturated heterocycles. The number of hydrogen-bond donors (Lipinski definition) is 1. The zero-order valence-corrected chi connectivity index (χ0v) is 25.7. The monoisotopic (exact) mass is 528 g/mol. The number of aliphatic hydroxyl groups is 1. The normalized spacial score (nSPS) is 46.2. The van der Waals surface area contributed by atoms with Gasteiger partial charge in [-0.05, 0) is 127 Å². The van der Waals surface area contributed by atoms with Crippen molar-refractivity contribution in [1.29, 1.82) is 0 Å². The lowest BCUT2D eigenvalue weighted by Crippen LogP contribution is -2.66. The molecule has 0 amide bonds. The van der Waals surface area contributed by atoms with Gasteiger partial charge in [-0.25, -0.2) is 9.97 Å². The van der Waals surface area contributed by atoms with Gasteiger partial charge in [-0.1, -0.05) is 60.6 Å². The van der Waals surface area contributed by atoms with E-state index in [0.29, 0.717) is 41.1 Å². The maximum atomic E-state index is 10.8. The van der Waals surface area contributed by atoms with E-state index in [1.807, 2.05) is 0 Å². The van der Waals surface area contributed by atoms with E-state index in [0.717, 1.165) is 29.3 Å². The predicted octanol–water partition coefficient (Wildman–Crippen LogP) is 8.37. The lowest BCUT2D eigenvalue weighted by molar-refractivity contribution is -0.231. The van der Waals surface area contributed by atoms with Gasteiger partial charge in [0.1, 0.15) is 0 Å². The molecule has 1 aromatic heterocycles. The van der Waals surface area contributed by atoms with Crippen LogP contribution in [0.1, 0.15) is 111 Å². The molecule has 3 heteroatoms. The molecular weight excluding hydrogens is 476 g/mol. The van der Waals surface area contributed by atoms with E-state index < -0.39 is 0 Å². The highest BCUT2D eigenvalue weighted by molar-refractivity contribution is 5.74. The molecule has 1 aromatic carbocycles. The molecule has 212 valence electrons. The smallest absolute Gasteiger partial charge is 0.0890 e. The molecule has 9 atom stereocenters. The Morgan fingerprint density at radius 1 is 0.821 bits per heavy atom. The first-order valence-corrected chi connectivity index (χ1v) is 16.3. The van der Waals surface area contributed by atoms with Crippen LogP contribution in [0.25, 0.3) is 11.0 Å². The molecule has 3 nitrogen and oxygen atoms in total. The summed E-state index contributed by atoms with van der Waals surface area (Å²) in [6, 6.07) is 8.47. The van der Waals surface area contributed by atoms with E-state index in [1.54, 1.807) is 0 Å². The van der Waals surface area contributed by atoms with Crippen LogP contribution >= 0.6 is 0 Å². The van der Waals surface area contributed by atoms with Crippen molar-refractivity contribution in [3.63, 3.8) is 0 Å². The first-order chi connectivity index (χ1) is 18.4. The average Bonchev–Trinajstić information content (AvgIpc) is 3.28. The Balaban J connectivity index is 1.31. The SMILES string of the molecule is CC(C)[C@@H]1CC[C@]2(CO)CC[C@]3(C)[C@H](CC[C@@H]4[C@@]5(C)Cc6nc7ccccc7nc6C(C)(C)[C@@H]5CC[C@]43C)[C@@H]12. The number of aliphatic hydroxyl groups excluding tert-OH is 1. The van der Waals surface area contributed by atoms with E-state index in [9.17, 15) is 5.11 Å². The zero-order valence-electron chi connectivity index (χ0n) is 25.7. The molecule has 1 heterocycles. The van der Waals surface area contributed by atoms with Crippen molar-refractivity contribution in [3.8, 4) is 0 Å². The maximum Gasteiger partial charge on any atom is 0.0890 e. The number of para-hydroxylation sites is 2. The molecule has 4 fully saturated rings. The molecule has 39 heavy (non-hydrogen) atoms. The Labute approximate surface area is 237 Å².